The molecule has 1 aliphatic heterocycles. The van der Waals surface area contributed by atoms with E-state index in [-0.39, 0.29) is 11.6 Å². The van der Waals surface area contributed by atoms with Crippen molar-refractivity contribution >= 4 is 17.3 Å². The molecule has 0 amide bonds. The maximum Gasteiger partial charge on any atom is 0.192 e. The van der Waals surface area contributed by atoms with Crippen molar-refractivity contribution in [3.63, 3.8) is 0 Å². The molecule has 0 aliphatic carbocycles. The van der Waals surface area contributed by atoms with Gasteiger partial charge >= 0.3 is 0 Å². The smallest absolute Gasteiger partial charge is 0.192 e. The molecule has 1 aliphatic rings. The van der Waals surface area contributed by atoms with Gasteiger partial charge in [0.05, 0.1) is 23.8 Å². The first kappa shape index (κ1) is 17.7. The number of nitrogens with one attached hydrogen (secondary N) is 2. The van der Waals surface area contributed by atoms with E-state index in [9.17, 15) is 0 Å². The Morgan fingerprint density at radius 2 is 2.20 bits per heavy atom. The molecule has 5 nitrogen and oxygen atoms in total. The molecule has 0 spiro atoms. The first-order valence-corrected chi connectivity index (χ1v) is 9.58. The number of hydrogen-bond acceptors (Lipinski definition) is 4. The van der Waals surface area contributed by atoms with Crippen LogP contribution in [0.3, 0.4) is 0 Å². The number of fused-ring (bicyclic) bond motifs is 1. The Labute approximate surface area is 153 Å². The number of ether oxygens (including phenoxy) is 1. The molecule has 1 unspecified atom stereocenters. The van der Waals surface area contributed by atoms with Crippen molar-refractivity contribution in [1.82, 2.24) is 15.6 Å². The molecule has 1 aromatic carbocycles. The predicted molar refractivity (Wildman–Crippen MR) is 103 cm³/mol. The van der Waals surface area contributed by atoms with Gasteiger partial charge in [-0.3, -0.25) is 0 Å². The number of benzene rings is 1. The number of rotatable bonds is 4. The largest absolute Gasteiger partial charge is 0.487 e. The van der Waals surface area contributed by atoms with Crippen molar-refractivity contribution in [2.45, 2.75) is 52.3 Å². The molecular formula is C19H26N4OS. The number of para-hydroxylation sites is 1. The molecule has 25 heavy (non-hydrogen) atoms. The van der Waals surface area contributed by atoms with Crippen LogP contribution in [0.2, 0.25) is 0 Å². The van der Waals surface area contributed by atoms with Gasteiger partial charge in [0.1, 0.15) is 11.4 Å². The Morgan fingerprint density at radius 3 is 2.92 bits per heavy atom. The Morgan fingerprint density at radius 1 is 1.40 bits per heavy atom. The Kier molecular flexibility index (Phi) is 5.27. The highest BCUT2D eigenvalue weighted by atomic mass is 32.1. The summed E-state index contributed by atoms with van der Waals surface area (Å²) in [5.41, 5.74) is 3.90. The van der Waals surface area contributed by atoms with Crippen LogP contribution in [-0.4, -0.2) is 23.1 Å². The van der Waals surface area contributed by atoms with Crippen molar-refractivity contribution in [2.24, 2.45) is 4.99 Å². The SMILES string of the molecule is CCNC(=NCc1scnc1C)NC1CC(C)(C)Oc2ccccc21. The second-order valence-electron chi connectivity index (χ2n) is 6.86. The summed E-state index contributed by atoms with van der Waals surface area (Å²) in [7, 11) is 0. The van der Waals surface area contributed by atoms with E-state index in [2.05, 4.69) is 48.5 Å². The van der Waals surface area contributed by atoms with E-state index in [1.165, 1.54) is 10.4 Å². The predicted octanol–water partition coefficient (Wildman–Crippen LogP) is 3.81. The molecule has 0 saturated carbocycles. The van der Waals surface area contributed by atoms with E-state index in [0.29, 0.717) is 6.54 Å². The molecule has 2 heterocycles. The van der Waals surface area contributed by atoms with Gasteiger partial charge in [-0.2, -0.15) is 0 Å². The number of thiazole rings is 1. The van der Waals surface area contributed by atoms with Crippen molar-refractivity contribution in [2.75, 3.05) is 6.54 Å². The fraction of sp³-hybridized carbons (Fsp3) is 0.474. The summed E-state index contributed by atoms with van der Waals surface area (Å²) < 4.78 is 6.12. The van der Waals surface area contributed by atoms with E-state index < -0.39 is 0 Å². The monoisotopic (exact) mass is 358 g/mol. The normalized spacial score (nSPS) is 19.0. The summed E-state index contributed by atoms with van der Waals surface area (Å²) in [4.78, 5) is 10.3. The molecular weight excluding hydrogens is 332 g/mol. The highest BCUT2D eigenvalue weighted by Crippen LogP contribution is 2.39. The molecule has 1 atom stereocenters. The van der Waals surface area contributed by atoms with Gasteiger partial charge in [-0.25, -0.2) is 9.98 Å². The summed E-state index contributed by atoms with van der Waals surface area (Å²) in [6, 6.07) is 8.40. The maximum absolute atomic E-state index is 6.12. The Balaban J connectivity index is 1.81. The lowest BCUT2D eigenvalue weighted by molar-refractivity contribution is 0.0694. The number of nitrogens with zero attached hydrogens (tertiary/aromatic N) is 2. The molecule has 2 aromatic rings. The van der Waals surface area contributed by atoms with Crippen molar-refractivity contribution < 1.29 is 4.74 Å². The summed E-state index contributed by atoms with van der Waals surface area (Å²) in [6.07, 6.45) is 0.883. The van der Waals surface area contributed by atoms with E-state index in [4.69, 9.17) is 9.73 Å². The number of aliphatic imine (C=N–C) groups is 1. The fourth-order valence-electron chi connectivity index (χ4n) is 3.04. The maximum atomic E-state index is 6.12. The summed E-state index contributed by atoms with van der Waals surface area (Å²) in [6.45, 7) is 9.82. The minimum Gasteiger partial charge on any atom is -0.487 e. The van der Waals surface area contributed by atoms with E-state index in [1.54, 1.807) is 11.3 Å². The summed E-state index contributed by atoms with van der Waals surface area (Å²) in [5, 5.41) is 6.95. The van der Waals surface area contributed by atoms with Crippen LogP contribution < -0.4 is 15.4 Å². The molecule has 0 fully saturated rings. The van der Waals surface area contributed by atoms with Crippen LogP contribution in [0.15, 0.2) is 34.8 Å². The molecule has 0 radical (unpaired) electrons. The lowest BCUT2D eigenvalue weighted by Crippen LogP contribution is -2.45. The lowest BCUT2D eigenvalue weighted by atomic mass is 9.90. The molecule has 6 heteroatoms. The second-order valence-corrected chi connectivity index (χ2v) is 7.80. The number of aromatic nitrogens is 1. The van der Waals surface area contributed by atoms with Crippen molar-refractivity contribution in [3.05, 3.63) is 45.9 Å². The first-order chi connectivity index (χ1) is 12.0. The van der Waals surface area contributed by atoms with Gasteiger partial charge in [0, 0.05) is 23.4 Å². The van der Waals surface area contributed by atoms with E-state index in [1.807, 2.05) is 24.6 Å². The zero-order chi connectivity index (χ0) is 17.9. The third-order valence-electron chi connectivity index (χ3n) is 4.26. The van der Waals surface area contributed by atoms with Gasteiger partial charge in [-0.05, 0) is 33.8 Å². The van der Waals surface area contributed by atoms with Crippen LogP contribution in [0.4, 0.5) is 0 Å². The molecule has 2 N–H and O–H groups in total. The zero-order valence-corrected chi connectivity index (χ0v) is 16.1. The van der Waals surface area contributed by atoms with Crippen LogP contribution in [0, 0.1) is 6.92 Å². The topological polar surface area (TPSA) is 58.5 Å². The van der Waals surface area contributed by atoms with E-state index >= 15 is 0 Å². The van der Waals surface area contributed by atoms with Gasteiger partial charge in [0.15, 0.2) is 5.96 Å². The van der Waals surface area contributed by atoms with Crippen LogP contribution in [0.5, 0.6) is 5.75 Å². The third-order valence-corrected chi connectivity index (χ3v) is 5.18. The summed E-state index contributed by atoms with van der Waals surface area (Å²) >= 11 is 1.65. The average Bonchev–Trinajstić information content (AvgIpc) is 2.97. The standard InChI is InChI=1S/C19H26N4OS/c1-5-20-18(21-11-17-13(2)22-12-25-17)23-15-10-19(3,4)24-16-9-7-6-8-14(15)16/h6-9,12,15H,5,10-11H2,1-4H3,(H2,20,21,23). The van der Waals surface area contributed by atoms with Gasteiger partial charge < -0.3 is 15.4 Å². The lowest BCUT2D eigenvalue weighted by Gasteiger charge is -2.38. The number of aryl methyl sites for hydroxylation is 1. The fourth-order valence-corrected chi connectivity index (χ4v) is 3.75. The minimum absolute atomic E-state index is 0.167. The quantitative estimate of drug-likeness (QED) is 0.644. The van der Waals surface area contributed by atoms with Crippen LogP contribution in [0.25, 0.3) is 0 Å². The van der Waals surface area contributed by atoms with Crippen molar-refractivity contribution in [1.29, 1.82) is 0 Å². The van der Waals surface area contributed by atoms with Gasteiger partial charge in [-0.1, -0.05) is 18.2 Å². The molecule has 1 aromatic heterocycles. The van der Waals surface area contributed by atoms with Crippen LogP contribution in [0.1, 0.15) is 49.4 Å². The molecule has 0 saturated heterocycles. The second kappa shape index (κ2) is 7.44. The van der Waals surface area contributed by atoms with Gasteiger partial charge in [-0.15, -0.1) is 11.3 Å². The minimum atomic E-state index is -0.211. The molecule has 3 rings (SSSR count). The third kappa shape index (κ3) is 4.31. The Bertz CT molecular complexity index is 753. The average molecular weight is 359 g/mol. The van der Waals surface area contributed by atoms with Crippen molar-refractivity contribution in [3.8, 4) is 5.75 Å². The van der Waals surface area contributed by atoms with Crippen LogP contribution in [-0.2, 0) is 6.54 Å². The zero-order valence-electron chi connectivity index (χ0n) is 15.3. The molecule has 0 bridgehead atoms. The van der Waals surface area contributed by atoms with Gasteiger partial charge in [0.2, 0.25) is 0 Å². The molecule has 134 valence electrons. The number of hydrogen-bond donors (Lipinski definition) is 2. The van der Waals surface area contributed by atoms with E-state index in [0.717, 1.165) is 30.4 Å². The highest BCUT2D eigenvalue weighted by molar-refractivity contribution is 7.09. The highest BCUT2D eigenvalue weighted by Gasteiger charge is 2.33. The number of guanidine groups is 1. The first-order valence-electron chi connectivity index (χ1n) is 8.70. The summed E-state index contributed by atoms with van der Waals surface area (Å²) in [5.74, 6) is 1.78. The van der Waals surface area contributed by atoms with Gasteiger partial charge in [0.25, 0.3) is 0 Å². The van der Waals surface area contributed by atoms with Crippen LogP contribution >= 0.6 is 11.3 Å². The Hall–Kier alpha value is -2.08.